The number of ether oxygens (including phenoxy) is 1. The minimum Gasteiger partial charge on any atom is -0.379 e. The Morgan fingerprint density at radius 2 is 2.08 bits per heavy atom. The maximum Gasteiger partial charge on any atom is 0.0621 e. The van der Waals surface area contributed by atoms with Crippen LogP contribution >= 0.6 is 0 Å². The van der Waals surface area contributed by atoms with E-state index in [9.17, 15) is 0 Å². The second kappa shape index (κ2) is 3.95. The maximum atomic E-state index is 5.92. The van der Waals surface area contributed by atoms with Crippen molar-refractivity contribution in [1.82, 2.24) is 4.90 Å². The summed E-state index contributed by atoms with van der Waals surface area (Å²) in [7, 11) is 2.20. The minimum atomic E-state index is 0.265. The number of hydrogen-bond acceptors (Lipinski definition) is 3. The van der Waals surface area contributed by atoms with Crippen LogP contribution in [0.1, 0.15) is 12.8 Å². The molecule has 1 aliphatic heterocycles. The Bertz CT molecular complexity index is 170. The molecule has 0 aromatic carbocycles. The van der Waals surface area contributed by atoms with Gasteiger partial charge in [0.2, 0.25) is 0 Å². The van der Waals surface area contributed by atoms with E-state index < -0.39 is 0 Å². The summed E-state index contributed by atoms with van der Waals surface area (Å²) in [4.78, 5) is 2.41. The van der Waals surface area contributed by atoms with Crippen LogP contribution in [0.5, 0.6) is 0 Å². The van der Waals surface area contributed by atoms with Gasteiger partial charge >= 0.3 is 0 Å². The molecule has 0 amide bonds. The van der Waals surface area contributed by atoms with E-state index in [1.807, 2.05) is 0 Å². The van der Waals surface area contributed by atoms with Crippen LogP contribution in [0.3, 0.4) is 0 Å². The lowest BCUT2D eigenvalue weighted by molar-refractivity contribution is 0.172. The van der Waals surface area contributed by atoms with Crippen LogP contribution in [0, 0.1) is 11.8 Å². The standard InChI is InChI=1S/C10H20N2O/c1-12(4-8-2-3-8)5-9-6-13-7-10(9)11/h8-10H,2-7,11H2,1H3. The first kappa shape index (κ1) is 9.44. The first-order valence-electron chi connectivity index (χ1n) is 5.27. The van der Waals surface area contributed by atoms with Crippen LogP contribution in [-0.2, 0) is 4.74 Å². The highest BCUT2D eigenvalue weighted by atomic mass is 16.5. The molecule has 2 atom stereocenters. The van der Waals surface area contributed by atoms with Gasteiger partial charge in [0.25, 0.3) is 0 Å². The summed E-state index contributed by atoms with van der Waals surface area (Å²) in [5.74, 6) is 1.53. The van der Waals surface area contributed by atoms with Crippen LogP contribution in [0.4, 0.5) is 0 Å². The molecular formula is C10H20N2O. The highest BCUT2D eigenvalue weighted by Gasteiger charge is 2.28. The average molecular weight is 184 g/mol. The molecule has 2 unspecified atom stereocenters. The van der Waals surface area contributed by atoms with Gasteiger partial charge in [-0.1, -0.05) is 0 Å². The fourth-order valence-electron chi connectivity index (χ4n) is 2.02. The Labute approximate surface area is 80.2 Å². The third kappa shape index (κ3) is 2.66. The Kier molecular flexibility index (Phi) is 2.86. The largest absolute Gasteiger partial charge is 0.379 e. The molecule has 2 N–H and O–H groups in total. The SMILES string of the molecule is CN(CC1CC1)CC1COCC1N. The molecule has 2 rings (SSSR count). The van der Waals surface area contributed by atoms with Crippen molar-refractivity contribution >= 4 is 0 Å². The van der Waals surface area contributed by atoms with Crippen LogP contribution < -0.4 is 5.73 Å². The van der Waals surface area contributed by atoms with Gasteiger partial charge in [-0.2, -0.15) is 0 Å². The molecule has 2 fully saturated rings. The molecular weight excluding hydrogens is 164 g/mol. The summed E-state index contributed by atoms with van der Waals surface area (Å²) in [5, 5.41) is 0. The van der Waals surface area contributed by atoms with Gasteiger partial charge in [-0.15, -0.1) is 0 Å². The lowest BCUT2D eigenvalue weighted by Crippen LogP contribution is -2.37. The van der Waals surface area contributed by atoms with Gasteiger partial charge in [-0.3, -0.25) is 0 Å². The molecule has 2 aliphatic rings. The third-order valence-electron chi connectivity index (χ3n) is 3.06. The molecule has 1 saturated heterocycles. The molecule has 13 heavy (non-hydrogen) atoms. The topological polar surface area (TPSA) is 38.5 Å². The van der Waals surface area contributed by atoms with Gasteiger partial charge in [-0.05, 0) is 25.8 Å². The van der Waals surface area contributed by atoms with Crippen molar-refractivity contribution in [3.8, 4) is 0 Å². The van der Waals surface area contributed by atoms with Crippen LogP contribution in [0.25, 0.3) is 0 Å². The molecule has 0 bridgehead atoms. The van der Waals surface area contributed by atoms with E-state index in [2.05, 4.69) is 11.9 Å². The maximum absolute atomic E-state index is 5.92. The fraction of sp³-hybridized carbons (Fsp3) is 1.00. The lowest BCUT2D eigenvalue weighted by atomic mass is 10.0. The number of hydrogen-bond donors (Lipinski definition) is 1. The molecule has 0 spiro atoms. The van der Waals surface area contributed by atoms with Crippen molar-refractivity contribution in [2.24, 2.45) is 17.6 Å². The first-order valence-corrected chi connectivity index (χ1v) is 5.27. The summed E-state index contributed by atoms with van der Waals surface area (Å²) < 4.78 is 5.34. The summed E-state index contributed by atoms with van der Waals surface area (Å²) >= 11 is 0. The molecule has 3 heteroatoms. The van der Waals surface area contributed by atoms with Crippen molar-refractivity contribution < 1.29 is 4.74 Å². The molecule has 1 heterocycles. The Hall–Kier alpha value is -0.120. The van der Waals surface area contributed by atoms with Crippen molar-refractivity contribution in [3.63, 3.8) is 0 Å². The highest BCUT2D eigenvalue weighted by Crippen LogP contribution is 2.29. The number of rotatable bonds is 4. The van der Waals surface area contributed by atoms with E-state index in [-0.39, 0.29) is 6.04 Å². The van der Waals surface area contributed by atoms with Gasteiger partial charge in [-0.25, -0.2) is 0 Å². The smallest absolute Gasteiger partial charge is 0.0621 e. The van der Waals surface area contributed by atoms with Crippen molar-refractivity contribution in [2.75, 3.05) is 33.4 Å². The van der Waals surface area contributed by atoms with E-state index in [4.69, 9.17) is 10.5 Å². The molecule has 0 aromatic heterocycles. The normalized spacial score (nSPS) is 34.4. The van der Waals surface area contributed by atoms with E-state index in [0.29, 0.717) is 5.92 Å². The monoisotopic (exact) mass is 184 g/mol. The van der Waals surface area contributed by atoms with E-state index >= 15 is 0 Å². The van der Waals surface area contributed by atoms with Crippen molar-refractivity contribution in [1.29, 1.82) is 0 Å². The molecule has 1 saturated carbocycles. The fourth-order valence-corrected chi connectivity index (χ4v) is 2.02. The molecule has 0 radical (unpaired) electrons. The summed E-state index contributed by atoms with van der Waals surface area (Å²) in [5.41, 5.74) is 5.92. The van der Waals surface area contributed by atoms with E-state index in [0.717, 1.165) is 25.7 Å². The predicted molar refractivity (Wildman–Crippen MR) is 52.5 cm³/mol. The third-order valence-corrected chi connectivity index (χ3v) is 3.06. The summed E-state index contributed by atoms with van der Waals surface area (Å²) in [6.45, 7) is 3.97. The Morgan fingerprint density at radius 3 is 2.62 bits per heavy atom. The zero-order chi connectivity index (χ0) is 9.26. The quantitative estimate of drug-likeness (QED) is 0.683. The summed E-state index contributed by atoms with van der Waals surface area (Å²) in [6, 6.07) is 0.265. The van der Waals surface area contributed by atoms with Gasteiger partial charge < -0.3 is 15.4 Å². The van der Waals surface area contributed by atoms with Crippen molar-refractivity contribution in [2.45, 2.75) is 18.9 Å². The minimum absolute atomic E-state index is 0.265. The van der Waals surface area contributed by atoms with E-state index in [1.165, 1.54) is 19.4 Å². The molecule has 3 nitrogen and oxygen atoms in total. The average Bonchev–Trinajstić information content (AvgIpc) is 2.79. The van der Waals surface area contributed by atoms with Crippen LogP contribution in [0.2, 0.25) is 0 Å². The Morgan fingerprint density at radius 1 is 1.31 bits per heavy atom. The van der Waals surface area contributed by atoms with Gasteiger partial charge in [0.05, 0.1) is 13.2 Å². The van der Waals surface area contributed by atoms with Gasteiger partial charge in [0.1, 0.15) is 0 Å². The second-order valence-corrected chi connectivity index (χ2v) is 4.63. The second-order valence-electron chi connectivity index (χ2n) is 4.63. The first-order chi connectivity index (χ1) is 6.25. The molecule has 0 aromatic rings. The summed E-state index contributed by atoms with van der Waals surface area (Å²) in [6.07, 6.45) is 2.86. The Balaban J connectivity index is 1.69. The molecule has 1 aliphatic carbocycles. The zero-order valence-electron chi connectivity index (χ0n) is 8.41. The lowest BCUT2D eigenvalue weighted by Gasteiger charge is -2.22. The highest BCUT2D eigenvalue weighted by molar-refractivity contribution is 4.82. The van der Waals surface area contributed by atoms with Gasteiger partial charge in [0.15, 0.2) is 0 Å². The molecule has 76 valence electrons. The van der Waals surface area contributed by atoms with E-state index in [1.54, 1.807) is 0 Å². The number of nitrogens with two attached hydrogens (primary N) is 1. The number of nitrogens with zero attached hydrogens (tertiary/aromatic N) is 1. The zero-order valence-corrected chi connectivity index (χ0v) is 8.41. The predicted octanol–water partition coefficient (Wildman–Crippen LogP) is 0.302. The van der Waals surface area contributed by atoms with Crippen molar-refractivity contribution in [3.05, 3.63) is 0 Å². The van der Waals surface area contributed by atoms with Crippen LogP contribution in [0.15, 0.2) is 0 Å². The van der Waals surface area contributed by atoms with Gasteiger partial charge in [0, 0.05) is 25.0 Å². The van der Waals surface area contributed by atoms with Crippen LogP contribution in [-0.4, -0.2) is 44.3 Å².